The molecule has 0 spiro atoms. The molecule has 0 saturated carbocycles. The van der Waals surface area contributed by atoms with Gasteiger partial charge in [-0.2, -0.15) is 0 Å². The maximum atomic E-state index is 12.2. The molecule has 1 N–H and O–H groups in total. The van der Waals surface area contributed by atoms with E-state index in [1.165, 1.54) is 0 Å². The molecule has 1 amide bonds. The maximum absolute atomic E-state index is 12.2. The first-order chi connectivity index (χ1) is 9.35. The molecule has 0 saturated heterocycles. The quantitative estimate of drug-likeness (QED) is 0.833. The number of hydrogen-bond acceptors (Lipinski definition) is 4. The number of likely N-dealkylation sites (N-methyl/N-ethyl adjacent to an activating group) is 1. The monoisotopic (exact) mass is 281 g/mol. The molecule has 1 aromatic rings. The topological polar surface area (TPSA) is 58.4 Å². The molecule has 0 bridgehead atoms. The standard InChI is InChI=1S/C15H27N3O2/c1-7-9-15(4,18(5)6)10-16-14(19)13-11(3)12(8-2)20-17-13/h7-10H2,1-6H3,(H,16,19). The number of amides is 1. The van der Waals surface area contributed by atoms with E-state index in [1.807, 2.05) is 27.9 Å². The Morgan fingerprint density at radius 2 is 2.05 bits per heavy atom. The van der Waals surface area contributed by atoms with E-state index < -0.39 is 0 Å². The summed E-state index contributed by atoms with van der Waals surface area (Å²) in [4.78, 5) is 14.4. The first kappa shape index (κ1) is 16.7. The highest BCUT2D eigenvalue weighted by molar-refractivity contribution is 5.93. The summed E-state index contributed by atoms with van der Waals surface area (Å²) >= 11 is 0. The number of carbonyl (C=O) groups excluding carboxylic acids is 1. The first-order valence-corrected chi connectivity index (χ1v) is 7.26. The minimum absolute atomic E-state index is 0.0460. The highest BCUT2D eigenvalue weighted by Gasteiger charge is 2.27. The predicted molar refractivity (Wildman–Crippen MR) is 80.0 cm³/mol. The van der Waals surface area contributed by atoms with Gasteiger partial charge in [0.25, 0.3) is 5.91 Å². The summed E-state index contributed by atoms with van der Waals surface area (Å²) in [6, 6.07) is 0. The zero-order valence-corrected chi connectivity index (χ0v) is 13.5. The average molecular weight is 281 g/mol. The summed E-state index contributed by atoms with van der Waals surface area (Å²) in [5.41, 5.74) is 1.20. The molecule has 0 aliphatic heterocycles. The lowest BCUT2D eigenvalue weighted by Gasteiger charge is -2.36. The Labute approximate surface area is 121 Å². The van der Waals surface area contributed by atoms with Crippen LogP contribution in [0.4, 0.5) is 0 Å². The van der Waals surface area contributed by atoms with Crippen molar-refractivity contribution in [1.82, 2.24) is 15.4 Å². The zero-order valence-electron chi connectivity index (χ0n) is 13.5. The first-order valence-electron chi connectivity index (χ1n) is 7.26. The molecule has 1 unspecified atom stereocenters. The van der Waals surface area contributed by atoms with Gasteiger partial charge in [0.1, 0.15) is 5.76 Å². The Morgan fingerprint density at radius 3 is 2.50 bits per heavy atom. The molecule has 0 aliphatic rings. The lowest BCUT2D eigenvalue weighted by Crippen LogP contribution is -2.50. The van der Waals surface area contributed by atoms with E-state index in [1.54, 1.807) is 0 Å². The van der Waals surface area contributed by atoms with Gasteiger partial charge in [-0.15, -0.1) is 0 Å². The highest BCUT2D eigenvalue weighted by Crippen LogP contribution is 2.18. The van der Waals surface area contributed by atoms with Gasteiger partial charge in [-0.05, 0) is 34.4 Å². The second-order valence-electron chi connectivity index (χ2n) is 5.76. The van der Waals surface area contributed by atoms with Crippen molar-refractivity contribution in [2.24, 2.45) is 0 Å². The molecular formula is C15H27N3O2. The molecule has 0 radical (unpaired) electrons. The molecule has 1 heterocycles. The van der Waals surface area contributed by atoms with Crippen molar-refractivity contribution in [2.45, 2.75) is 52.5 Å². The number of nitrogens with zero attached hydrogens (tertiary/aromatic N) is 2. The van der Waals surface area contributed by atoms with E-state index in [-0.39, 0.29) is 11.4 Å². The van der Waals surface area contributed by atoms with Crippen LogP contribution in [0.3, 0.4) is 0 Å². The molecule has 0 aromatic carbocycles. The molecule has 20 heavy (non-hydrogen) atoms. The average Bonchev–Trinajstić information content (AvgIpc) is 2.77. The van der Waals surface area contributed by atoms with Crippen molar-refractivity contribution in [3.05, 3.63) is 17.0 Å². The number of aromatic nitrogens is 1. The van der Waals surface area contributed by atoms with Crippen LogP contribution in [-0.4, -0.2) is 42.1 Å². The minimum atomic E-state index is -0.157. The van der Waals surface area contributed by atoms with Crippen LogP contribution >= 0.6 is 0 Å². The van der Waals surface area contributed by atoms with Crippen LogP contribution in [0.1, 0.15) is 55.4 Å². The van der Waals surface area contributed by atoms with E-state index >= 15 is 0 Å². The van der Waals surface area contributed by atoms with Crippen LogP contribution in [0.15, 0.2) is 4.52 Å². The summed E-state index contributed by atoms with van der Waals surface area (Å²) < 4.78 is 5.17. The SMILES string of the molecule is CCCC(C)(CNC(=O)c1noc(CC)c1C)N(C)C. The van der Waals surface area contributed by atoms with Gasteiger partial charge >= 0.3 is 0 Å². The molecular weight excluding hydrogens is 254 g/mol. The predicted octanol–water partition coefficient (Wildman–Crippen LogP) is 2.40. The smallest absolute Gasteiger partial charge is 0.273 e. The van der Waals surface area contributed by atoms with E-state index in [4.69, 9.17) is 4.52 Å². The lowest BCUT2D eigenvalue weighted by molar-refractivity contribution is 0.0892. The number of aryl methyl sites for hydroxylation is 1. The third-order valence-electron chi connectivity index (χ3n) is 4.05. The van der Waals surface area contributed by atoms with Crippen LogP contribution in [0, 0.1) is 6.92 Å². The van der Waals surface area contributed by atoms with Gasteiger partial charge in [0.2, 0.25) is 0 Å². The third kappa shape index (κ3) is 3.60. The fourth-order valence-corrected chi connectivity index (χ4v) is 2.27. The van der Waals surface area contributed by atoms with Crippen LogP contribution in [0.5, 0.6) is 0 Å². The molecule has 1 rings (SSSR count). The summed E-state index contributed by atoms with van der Waals surface area (Å²) in [6.07, 6.45) is 2.85. The van der Waals surface area contributed by atoms with Gasteiger partial charge < -0.3 is 14.7 Å². The van der Waals surface area contributed by atoms with Gasteiger partial charge in [-0.25, -0.2) is 0 Å². The maximum Gasteiger partial charge on any atom is 0.273 e. The molecule has 0 aliphatic carbocycles. The van der Waals surface area contributed by atoms with Crippen LogP contribution in [0.25, 0.3) is 0 Å². The van der Waals surface area contributed by atoms with Crippen molar-refractivity contribution in [1.29, 1.82) is 0 Å². The molecule has 5 nitrogen and oxygen atoms in total. The summed E-state index contributed by atoms with van der Waals surface area (Å²) in [5.74, 6) is 0.620. The van der Waals surface area contributed by atoms with Gasteiger partial charge in [-0.1, -0.05) is 25.4 Å². The Kier molecular flexibility index (Phi) is 5.74. The zero-order chi connectivity index (χ0) is 15.3. The van der Waals surface area contributed by atoms with Gasteiger partial charge in [-0.3, -0.25) is 4.79 Å². The normalized spacial score (nSPS) is 14.3. The third-order valence-corrected chi connectivity index (χ3v) is 4.05. The Bertz CT molecular complexity index is 454. The minimum Gasteiger partial charge on any atom is -0.360 e. The van der Waals surface area contributed by atoms with Crippen LogP contribution in [0.2, 0.25) is 0 Å². The summed E-state index contributed by atoms with van der Waals surface area (Å²) in [5, 5.41) is 6.86. The van der Waals surface area contributed by atoms with Gasteiger partial charge in [0.05, 0.1) is 0 Å². The van der Waals surface area contributed by atoms with Gasteiger partial charge in [0.15, 0.2) is 5.69 Å². The van der Waals surface area contributed by atoms with Crippen molar-refractivity contribution < 1.29 is 9.32 Å². The Balaban J connectivity index is 2.73. The molecule has 1 aromatic heterocycles. The fourth-order valence-electron chi connectivity index (χ4n) is 2.27. The largest absolute Gasteiger partial charge is 0.360 e. The Morgan fingerprint density at radius 1 is 1.40 bits per heavy atom. The van der Waals surface area contributed by atoms with E-state index in [0.29, 0.717) is 12.2 Å². The Hall–Kier alpha value is -1.36. The molecule has 5 heteroatoms. The summed E-state index contributed by atoms with van der Waals surface area (Å²) in [6.45, 7) is 8.77. The second kappa shape index (κ2) is 6.88. The fraction of sp³-hybridized carbons (Fsp3) is 0.733. The van der Waals surface area contributed by atoms with Crippen molar-refractivity contribution in [3.8, 4) is 0 Å². The van der Waals surface area contributed by atoms with Crippen molar-refractivity contribution >= 4 is 5.91 Å². The highest BCUT2D eigenvalue weighted by atomic mass is 16.5. The number of nitrogens with one attached hydrogen (secondary N) is 1. The van der Waals surface area contributed by atoms with Crippen molar-refractivity contribution in [3.63, 3.8) is 0 Å². The van der Waals surface area contributed by atoms with E-state index in [9.17, 15) is 4.79 Å². The van der Waals surface area contributed by atoms with E-state index in [2.05, 4.69) is 29.2 Å². The summed E-state index contributed by atoms with van der Waals surface area (Å²) in [7, 11) is 4.08. The number of rotatable bonds is 7. The van der Waals surface area contributed by atoms with Crippen LogP contribution in [-0.2, 0) is 6.42 Å². The van der Waals surface area contributed by atoms with E-state index in [0.717, 1.165) is 30.6 Å². The lowest BCUT2D eigenvalue weighted by atomic mass is 9.94. The molecule has 0 fully saturated rings. The second-order valence-corrected chi connectivity index (χ2v) is 5.76. The molecule has 114 valence electrons. The molecule has 1 atom stereocenters. The van der Waals surface area contributed by atoms with Crippen molar-refractivity contribution in [2.75, 3.05) is 20.6 Å². The van der Waals surface area contributed by atoms with Gasteiger partial charge in [0, 0.05) is 24.1 Å². The van der Waals surface area contributed by atoms with Crippen LogP contribution < -0.4 is 5.32 Å². The number of hydrogen-bond donors (Lipinski definition) is 1. The number of carbonyl (C=O) groups is 1.